The lowest BCUT2D eigenvalue weighted by Crippen LogP contribution is -2.36. The van der Waals surface area contributed by atoms with E-state index in [-0.39, 0.29) is 33.6 Å². The van der Waals surface area contributed by atoms with Gasteiger partial charge in [0.15, 0.2) is 0 Å². The maximum atomic E-state index is 13.6. The molecule has 0 atom stereocenters. The number of hydrogen-bond acceptors (Lipinski definition) is 8. The number of sulfone groups is 1. The molecule has 2 amide bonds. The van der Waals surface area contributed by atoms with Crippen molar-refractivity contribution in [3.63, 3.8) is 0 Å². The van der Waals surface area contributed by atoms with Crippen molar-refractivity contribution in [3.05, 3.63) is 89.3 Å². The number of rotatable bonds is 11. The molecule has 220 valence electrons. The SMILES string of the molecule is CSc1sc(C(=N)N)cc1S(=O)(=O)c1cccc(-c2c(C)cccc2NC(=O)NCCNS(=O)(=O)c2ccccc2)c1. The summed E-state index contributed by atoms with van der Waals surface area (Å²) in [6.45, 7) is 1.87. The molecule has 0 aliphatic carbocycles. The summed E-state index contributed by atoms with van der Waals surface area (Å²) in [6.07, 6.45) is 1.76. The monoisotopic (exact) mass is 643 g/mol. The summed E-state index contributed by atoms with van der Waals surface area (Å²) in [6, 6.07) is 20.6. The van der Waals surface area contributed by atoms with Gasteiger partial charge >= 0.3 is 6.03 Å². The summed E-state index contributed by atoms with van der Waals surface area (Å²) >= 11 is 2.42. The minimum absolute atomic E-state index is 0.0167. The number of urea groups is 1. The van der Waals surface area contributed by atoms with E-state index in [1.54, 1.807) is 54.8 Å². The topological polar surface area (TPSA) is 171 Å². The average molecular weight is 644 g/mol. The normalized spacial score (nSPS) is 11.7. The van der Waals surface area contributed by atoms with Crippen LogP contribution in [0.15, 0.2) is 97.8 Å². The zero-order chi connectivity index (χ0) is 30.5. The third-order valence-electron chi connectivity index (χ3n) is 6.12. The zero-order valence-corrected chi connectivity index (χ0v) is 25.9. The highest BCUT2D eigenvalue weighted by atomic mass is 32.2. The highest BCUT2D eigenvalue weighted by Crippen LogP contribution is 2.38. The molecular formula is C28H29N5O5S4. The molecule has 6 N–H and O–H groups in total. The Morgan fingerprint density at radius 1 is 0.929 bits per heavy atom. The number of nitrogens with one attached hydrogen (secondary N) is 4. The number of thioether (sulfide) groups is 1. The fourth-order valence-corrected chi connectivity index (χ4v) is 9.09. The number of amides is 2. The van der Waals surface area contributed by atoms with E-state index in [9.17, 15) is 21.6 Å². The van der Waals surface area contributed by atoms with Gasteiger partial charge in [0.25, 0.3) is 0 Å². The van der Waals surface area contributed by atoms with Crippen LogP contribution in [-0.4, -0.2) is 48.0 Å². The minimum Gasteiger partial charge on any atom is -0.383 e. The van der Waals surface area contributed by atoms with Crippen molar-refractivity contribution in [1.82, 2.24) is 10.0 Å². The van der Waals surface area contributed by atoms with E-state index in [0.717, 1.165) is 16.9 Å². The summed E-state index contributed by atoms with van der Waals surface area (Å²) in [4.78, 5) is 13.4. The van der Waals surface area contributed by atoms with E-state index in [4.69, 9.17) is 11.1 Å². The fraction of sp³-hybridized carbons (Fsp3) is 0.143. The number of thiophene rings is 1. The van der Waals surface area contributed by atoms with Gasteiger partial charge in [-0.2, -0.15) is 0 Å². The standard InChI is InChI=1S/C28H29N5O5S4/c1-18-8-6-13-22(33-28(34)31-14-15-32-42(37,38)20-10-4-3-5-11-20)25(18)19-9-7-12-21(16-19)41(35,36)24-17-23(26(29)30)40-27(24)39-2/h3-13,16-17,32H,14-15H2,1-2H3,(H3,29,30)(H2,31,33,34). The number of nitrogens with two attached hydrogens (primary N) is 1. The zero-order valence-electron chi connectivity index (χ0n) is 22.7. The van der Waals surface area contributed by atoms with Gasteiger partial charge in [-0.05, 0) is 60.7 Å². The molecule has 10 nitrogen and oxygen atoms in total. The molecule has 0 bridgehead atoms. The van der Waals surface area contributed by atoms with Crippen molar-refractivity contribution in [2.24, 2.45) is 5.73 Å². The van der Waals surface area contributed by atoms with Gasteiger partial charge in [0, 0.05) is 18.7 Å². The molecule has 1 aromatic heterocycles. The van der Waals surface area contributed by atoms with Crippen molar-refractivity contribution in [2.75, 3.05) is 24.7 Å². The van der Waals surface area contributed by atoms with Crippen LogP contribution in [0.25, 0.3) is 11.1 Å². The molecule has 0 spiro atoms. The summed E-state index contributed by atoms with van der Waals surface area (Å²) in [5.74, 6) is -0.201. The van der Waals surface area contributed by atoms with Crippen LogP contribution in [0.2, 0.25) is 0 Å². The summed E-state index contributed by atoms with van der Waals surface area (Å²) in [5, 5.41) is 13.1. The molecule has 42 heavy (non-hydrogen) atoms. The van der Waals surface area contributed by atoms with Crippen LogP contribution in [0.1, 0.15) is 10.4 Å². The van der Waals surface area contributed by atoms with Crippen LogP contribution in [0, 0.1) is 12.3 Å². The summed E-state index contributed by atoms with van der Waals surface area (Å²) < 4.78 is 55.0. The molecule has 0 aliphatic rings. The lowest BCUT2D eigenvalue weighted by atomic mass is 9.98. The lowest BCUT2D eigenvalue weighted by Gasteiger charge is -2.16. The Labute approximate surface area is 253 Å². The van der Waals surface area contributed by atoms with Gasteiger partial charge in [0.05, 0.1) is 29.5 Å². The van der Waals surface area contributed by atoms with Gasteiger partial charge in [0.1, 0.15) is 5.84 Å². The molecule has 14 heteroatoms. The van der Waals surface area contributed by atoms with E-state index in [0.29, 0.717) is 25.9 Å². The largest absolute Gasteiger partial charge is 0.383 e. The van der Waals surface area contributed by atoms with Crippen molar-refractivity contribution in [3.8, 4) is 11.1 Å². The first kappa shape index (κ1) is 31.3. The first-order valence-electron chi connectivity index (χ1n) is 12.5. The average Bonchev–Trinajstić information content (AvgIpc) is 3.42. The van der Waals surface area contributed by atoms with Gasteiger partial charge in [-0.1, -0.05) is 42.5 Å². The van der Waals surface area contributed by atoms with Gasteiger partial charge in [-0.15, -0.1) is 23.1 Å². The predicted molar refractivity (Wildman–Crippen MR) is 168 cm³/mol. The third-order valence-corrected chi connectivity index (χ3v) is 11.9. The highest BCUT2D eigenvalue weighted by molar-refractivity contribution is 8.01. The van der Waals surface area contributed by atoms with Crippen molar-refractivity contribution < 1.29 is 21.6 Å². The van der Waals surface area contributed by atoms with E-state index in [1.165, 1.54) is 36.0 Å². The van der Waals surface area contributed by atoms with Crippen LogP contribution >= 0.6 is 23.1 Å². The minimum atomic E-state index is -3.94. The van der Waals surface area contributed by atoms with Gasteiger partial charge in [-0.25, -0.2) is 26.4 Å². The smallest absolute Gasteiger partial charge is 0.319 e. The van der Waals surface area contributed by atoms with Crippen LogP contribution < -0.4 is 21.1 Å². The van der Waals surface area contributed by atoms with E-state index in [2.05, 4.69) is 15.4 Å². The molecule has 4 aromatic rings. The van der Waals surface area contributed by atoms with Crippen LogP contribution in [-0.2, 0) is 19.9 Å². The lowest BCUT2D eigenvalue weighted by molar-refractivity contribution is 0.252. The quantitative estimate of drug-likeness (QED) is 0.0684. The van der Waals surface area contributed by atoms with Gasteiger partial charge < -0.3 is 16.4 Å². The molecule has 0 fully saturated rings. The molecular weight excluding hydrogens is 615 g/mol. The number of hydrogen-bond donors (Lipinski definition) is 5. The first-order valence-corrected chi connectivity index (χ1v) is 17.5. The second kappa shape index (κ2) is 13.1. The van der Waals surface area contributed by atoms with Crippen molar-refractivity contribution >= 4 is 60.5 Å². The van der Waals surface area contributed by atoms with E-state index >= 15 is 0 Å². The van der Waals surface area contributed by atoms with Crippen molar-refractivity contribution in [2.45, 2.75) is 25.8 Å². The number of benzene rings is 3. The van der Waals surface area contributed by atoms with Gasteiger partial charge in [-0.3, -0.25) is 5.41 Å². The van der Waals surface area contributed by atoms with Crippen LogP contribution in [0.3, 0.4) is 0 Å². The second-order valence-electron chi connectivity index (χ2n) is 9.00. The number of carbonyl (C=O) groups is 1. The maximum absolute atomic E-state index is 13.6. The summed E-state index contributed by atoms with van der Waals surface area (Å²) in [5.41, 5.74) is 8.07. The first-order chi connectivity index (χ1) is 19.9. The Morgan fingerprint density at radius 3 is 2.31 bits per heavy atom. The Kier molecular flexibility index (Phi) is 9.74. The molecule has 0 saturated carbocycles. The Bertz CT molecular complexity index is 1840. The Hall–Kier alpha value is -3.69. The fourth-order valence-electron chi connectivity index (χ4n) is 4.13. The predicted octanol–water partition coefficient (Wildman–Crippen LogP) is 4.66. The molecule has 4 rings (SSSR count). The molecule has 0 radical (unpaired) electrons. The highest BCUT2D eigenvalue weighted by Gasteiger charge is 2.26. The Morgan fingerprint density at radius 2 is 1.62 bits per heavy atom. The second-order valence-corrected chi connectivity index (χ2v) is 14.8. The molecule has 0 aliphatic heterocycles. The molecule has 0 saturated heterocycles. The number of carbonyl (C=O) groups excluding carboxylic acids is 1. The third kappa shape index (κ3) is 7.02. The van der Waals surface area contributed by atoms with Gasteiger partial charge in [0.2, 0.25) is 19.9 Å². The van der Waals surface area contributed by atoms with E-state index < -0.39 is 25.9 Å². The van der Waals surface area contributed by atoms with E-state index in [1.807, 2.05) is 13.0 Å². The van der Waals surface area contributed by atoms with Crippen LogP contribution in [0.5, 0.6) is 0 Å². The summed E-state index contributed by atoms with van der Waals surface area (Å²) in [7, 11) is -7.64. The number of amidine groups is 1. The Balaban J connectivity index is 1.52. The van der Waals surface area contributed by atoms with Crippen molar-refractivity contribution in [1.29, 1.82) is 5.41 Å². The number of aryl methyl sites for hydroxylation is 1. The van der Waals surface area contributed by atoms with Crippen LogP contribution in [0.4, 0.5) is 10.5 Å². The molecule has 3 aromatic carbocycles. The number of sulfonamides is 1. The molecule has 0 unspecified atom stereocenters. The maximum Gasteiger partial charge on any atom is 0.319 e. The number of anilines is 1. The number of nitrogen functional groups attached to an aromatic ring is 1. The molecule has 1 heterocycles.